The molecule has 3 aromatic heterocycles. The van der Waals surface area contributed by atoms with Gasteiger partial charge in [-0.25, -0.2) is 19.6 Å². The zero-order valence-electron chi connectivity index (χ0n) is 13.2. The van der Waals surface area contributed by atoms with Gasteiger partial charge in [-0.05, 0) is 31.5 Å². The van der Waals surface area contributed by atoms with E-state index in [1.54, 1.807) is 24.9 Å². The van der Waals surface area contributed by atoms with E-state index >= 15 is 0 Å². The predicted octanol–water partition coefficient (Wildman–Crippen LogP) is 2.71. The lowest BCUT2D eigenvalue weighted by atomic mass is 10.2. The van der Waals surface area contributed by atoms with E-state index in [1.807, 2.05) is 29.8 Å². The first-order valence-electron chi connectivity index (χ1n) is 7.65. The molecule has 0 amide bonds. The molecule has 0 bridgehead atoms. The van der Waals surface area contributed by atoms with E-state index in [0.717, 1.165) is 30.0 Å². The fourth-order valence-electron chi connectivity index (χ4n) is 2.35. The Morgan fingerprint density at radius 2 is 2.13 bits per heavy atom. The highest BCUT2D eigenvalue weighted by Crippen LogP contribution is 2.19. The van der Waals surface area contributed by atoms with Crippen LogP contribution in [0.1, 0.15) is 32.1 Å². The average molecular weight is 309 g/mol. The monoisotopic (exact) mass is 309 g/mol. The van der Waals surface area contributed by atoms with Gasteiger partial charge < -0.3 is 5.32 Å². The lowest BCUT2D eigenvalue weighted by Gasteiger charge is -2.14. The number of hydrogen-bond donors (Lipinski definition) is 1. The molecule has 0 aliphatic heterocycles. The molecule has 7 nitrogen and oxygen atoms in total. The number of aromatic nitrogens is 6. The molecule has 1 N–H and O–H groups in total. The summed E-state index contributed by atoms with van der Waals surface area (Å²) in [7, 11) is 0. The van der Waals surface area contributed by atoms with Crippen molar-refractivity contribution in [3.8, 4) is 11.3 Å². The Morgan fingerprint density at radius 3 is 2.91 bits per heavy atom. The third-order valence-electron chi connectivity index (χ3n) is 3.43. The minimum absolute atomic E-state index is 0.0341. The first kappa shape index (κ1) is 15.1. The number of nitrogens with one attached hydrogen (secondary N) is 1. The molecule has 0 aliphatic rings. The number of nitrogens with zero attached hydrogens (tertiary/aromatic N) is 6. The Labute approximate surface area is 134 Å². The van der Waals surface area contributed by atoms with Crippen LogP contribution in [0.2, 0.25) is 0 Å². The van der Waals surface area contributed by atoms with Crippen LogP contribution in [-0.4, -0.2) is 29.7 Å². The summed E-state index contributed by atoms with van der Waals surface area (Å²) in [5.41, 5.74) is 1.79. The summed E-state index contributed by atoms with van der Waals surface area (Å²) in [5.74, 6) is 1.44. The number of hydrogen-bond acceptors (Lipinski definition) is 6. The van der Waals surface area contributed by atoms with Gasteiger partial charge in [0.2, 0.25) is 5.95 Å². The molecule has 3 heterocycles. The van der Waals surface area contributed by atoms with Crippen molar-refractivity contribution in [3.05, 3.63) is 48.9 Å². The molecule has 23 heavy (non-hydrogen) atoms. The lowest BCUT2D eigenvalue weighted by molar-refractivity contribution is 0.553. The van der Waals surface area contributed by atoms with E-state index < -0.39 is 0 Å². The second-order valence-corrected chi connectivity index (χ2v) is 5.21. The van der Waals surface area contributed by atoms with Gasteiger partial charge in [0.1, 0.15) is 12.2 Å². The molecule has 0 saturated carbocycles. The zero-order valence-corrected chi connectivity index (χ0v) is 13.2. The van der Waals surface area contributed by atoms with E-state index in [0.29, 0.717) is 5.95 Å². The molecule has 0 saturated heterocycles. The van der Waals surface area contributed by atoms with Crippen molar-refractivity contribution in [2.24, 2.45) is 0 Å². The van der Waals surface area contributed by atoms with Gasteiger partial charge in [-0.1, -0.05) is 6.92 Å². The third-order valence-corrected chi connectivity index (χ3v) is 3.43. The maximum absolute atomic E-state index is 4.55. The van der Waals surface area contributed by atoms with Gasteiger partial charge in [-0.15, -0.1) is 0 Å². The second-order valence-electron chi connectivity index (χ2n) is 5.21. The highest BCUT2D eigenvalue weighted by molar-refractivity contribution is 5.58. The molecule has 0 aromatic carbocycles. The Balaban J connectivity index is 1.79. The smallest absolute Gasteiger partial charge is 0.223 e. The van der Waals surface area contributed by atoms with Crippen molar-refractivity contribution < 1.29 is 0 Å². The van der Waals surface area contributed by atoms with Crippen LogP contribution in [0.5, 0.6) is 0 Å². The van der Waals surface area contributed by atoms with Crippen molar-refractivity contribution in [2.75, 3.05) is 5.32 Å². The highest BCUT2D eigenvalue weighted by atomic mass is 15.3. The molecule has 0 aliphatic carbocycles. The van der Waals surface area contributed by atoms with Crippen molar-refractivity contribution in [3.63, 3.8) is 0 Å². The van der Waals surface area contributed by atoms with Gasteiger partial charge in [0.05, 0.1) is 11.7 Å². The fourth-order valence-corrected chi connectivity index (χ4v) is 2.35. The summed E-state index contributed by atoms with van der Waals surface area (Å²) in [6.07, 6.45) is 7.85. The number of aryl methyl sites for hydroxylation is 1. The maximum atomic E-state index is 4.55. The summed E-state index contributed by atoms with van der Waals surface area (Å²) >= 11 is 0. The van der Waals surface area contributed by atoms with Crippen LogP contribution in [0, 0.1) is 0 Å². The largest absolute Gasteiger partial charge is 0.344 e. The molecule has 7 heteroatoms. The van der Waals surface area contributed by atoms with Gasteiger partial charge in [-0.2, -0.15) is 5.10 Å². The van der Waals surface area contributed by atoms with Gasteiger partial charge in [0, 0.05) is 30.7 Å². The van der Waals surface area contributed by atoms with Crippen LogP contribution in [0.15, 0.2) is 43.1 Å². The number of anilines is 1. The summed E-state index contributed by atoms with van der Waals surface area (Å²) < 4.78 is 1.91. The molecular weight excluding hydrogens is 290 g/mol. The van der Waals surface area contributed by atoms with Crippen LogP contribution >= 0.6 is 0 Å². The van der Waals surface area contributed by atoms with Crippen LogP contribution in [0.4, 0.5) is 5.95 Å². The van der Waals surface area contributed by atoms with E-state index in [1.165, 1.54) is 0 Å². The summed E-state index contributed by atoms with van der Waals surface area (Å²) in [4.78, 5) is 17.3. The van der Waals surface area contributed by atoms with E-state index in [2.05, 4.69) is 37.3 Å². The summed E-state index contributed by atoms with van der Waals surface area (Å²) in [6, 6.07) is 5.70. The predicted molar refractivity (Wildman–Crippen MR) is 87.6 cm³/mol. The van der Waals surface area contributed by atoms with Gasteiger partial charge >= 0.3 is 0 Å². The van der Waals surface area contributed by atoms with Crippen LogP contribution < -0.4 is 5.32 Å². The van der Waals surface area contributed by atoms with Crippen LogP contribution in [-0.2, 0) is 6.54 Å². The Bertz CT molecular complexity index is 754. The van der Waals surface area contributed by atoms with Crippen LogP contribution in [0.25, 0.3) is 11.3 Å². The molecule has 3 aromatic rings. The zero-order chi connectivity index (χ0) is 16.1. The third kappa shape index (κ3) is 3.50. The number of rotatable bonds is 6. The van der Waals surface area contributed by atoms with Crippen molar-refractivity contribution >= 4 is 5.95 Å². The second kappa shape index (κ2) is 6.95. The SMILES string of the molecule is CCCn1ncnc1[C@H](C)Nc1nccc(-c2cccnc2)n1. The van der Waals surface area contributed by atoms with Gasteiger partial charge in [0.15, 0.2) is 0 Å². The Kier molecular flexibility index (Phi) is 4.56. The van der Waals surface area contributed by atoms with Gasteiger partial charge in [-0.3, -0.25) is 4.98 Å². The molecule has 0 fully saturated rings. The van der Waals surface area contributed by atoms with E-state index in [4.69, 9.17) is 0 Å². The molecule has 0 spiro atoms. The molecule has 3 rings (SSSR count). The maximum Gasteiger partial charge on any atom is 0.223 e. The highest BCUT2D eigenvalue weighted by Gasteiger charge is 2.14. The average Bonchev–Trinajstić information content (AvgIpc) is 3.05. The topological polar surface area (TPSA) is 81.4 Å². The standard InChI is InChI=1S/C16H19N7/c1-3-9-23-15(19-11-20-23)12(2)21-16-18-8-6-14(22-16)13-5-4-7-17-10-13/h4-8,10-12H,3,9H2,1-2H3,(H,18,21,22)/t12-/m0/s1. The Morgan fingerprint density at radius 1 is 1.22 bits per heavy atom. The van der Waals surface area contributed by atoms with E-state index in [9.17, 15) is 0 Å². The van der Waals surface area contributed by atoms with Crippen LogP contribution in [0.3, 0.4) is 0 Å². The molecule has 1 atom stereocenters. The fraction of sp³-hybridized carbons (Fsp3) is 0.312. The first-order valence-corrected chi connectivity index (χ1v) is 7.65. The van der Waals surface area contributed by atoms with E-state index in [-0.39, 0.29) is 6.04 Å². The lowest BCUT2D eigenvalue weighted by Crippen LogP contribution is -2.16. The first-order chi connectivity index (χ1) is 11.3. The normalized spacial score (nSPS) is 12.1. The molecule has 0 unspecified atom stereocenters. The quantitative estimate of drug-likeness (QED) is 0.754. The summed E-state index contributed by atoms with van der Waals surface area (Å²) in [5, 5.41) is 7.54. The minimum Gasteiger partial charge on any atom is -0.344 e. The summed E-state index contributed by atoms with van der Waals surface area (Å²) in [6.45, 7) is 4.98. The number of pyridine rings is 1. The molecule has 0 radical (unpaired) electrons. The Hall–Kier alpha value is -2.83. The minimum atomic E-state index is -0.0341. The van der Waals surface area contributed by atoms with Crippen molar-refractivity contribution in [1.82, 2.24) is 29.7 Å². The van der Waals surface area contributed by atoms with Gasteiger partial charge in [0.25, 0.3) is 0 Å². The van der Waals surface area contributed by atoms with Crippen molar-refractivity contribution in [2.45, 2.75) is 32.9 Å². The van der Waals surface area contributed by atoms with Crippen molar-refractivity contribution in [1.29, 1.82) is 0 Å². The molecule has 118 valence electrons. The molecular formula is C16H19N7.